The summed E-state index contributed by atoms with van der Waals surface area (Å²) in [5.74, 6) is -0.580. The van der Waals surface area contributed by atoms with Crippen molar-refractivity contribution in [3.8, 4) is 0 Å². The summed E-state index contributed by atoms with van der Waals surface area (Å²) in [7, 11) is 0. The number of pyridine rings is 1. The molecule has 2 aromatic heterocycles. The molecule has 0 aliphatic carbocycles. The molecule has 7 nitrogen and oxygen atoms in total. The summed E-state index contributed by atoms with van der Waals surface area (Å²) in [5.41, 5.74) is 3.17. The highest BCUT2D eigenvalue weighted by molar-refractivity contribution is 6.11. The first-order chi connectivity index (χ1) is 13.7. The number of carbonyl (C=O) groups is 2. The number of hydrogen-bond acceptors (Lipinski definition) is 5. The number of nitrogens with zero attached hydrogens (tertiary/aromatic N) is 3. The molecular weight excluding hydrogens is 354 g/mol. The number of amides is 2. The van der Waals surface area contributed by atoms with Crippen molar-refractivity contribution in [1.29, 1.82) is 0 Å². The first kappa shape index (κ1) is 17.3. The Labute approximate surface area is 160 Å². The maximum absolute atomic E-state index is 12.6. The predicted octanol–water partition coefficient (Wildman–Crippen LogP) is 3.53. The highest BCUT2D eigenvalue weighted by Crippen LogP contribution is 2.18. The van der Waals surface area contributed by atoms with Crippen LogP contribution in [-0.2, 0) is 0 Å². The first-order valence-electron chi connectivity index (χ1n) is 8.54. The fourth-order valence-electron chi connectivity index (χ4n) is 2.70. The maximum atomic E-state index is 12.6. The molecule has 2 N–H and O–H groups in total. The van der Waals surface area contributed by atoms with E-state index in [0.29, 0.717) is 33.7 Å². The van der Waals surface area contributed by atoms with E-state index in [2.05, 4.69) is 25.6 Å². The van der Waals surface area contributed by atoms with Crippen LogP contribution in [0.5, 0.6) is 0 Å². The Balaban J connectivity index is 1.47. The van der Waals surface area contributed by atoms with Gasteiger partial charge in [0, 0.05) is 30.0 Å². The lowest BCUT2D eigenvalue weighted by atomic mass is 10.1. The van der Waals surface area contributed by atoms with Crippen molar-refractivity contribution in [1.82, 2.24) is 15.0 Å². The summed E-state index contributed by atoms with van der Waals surface area (Å²) >= 11 is 0. The van der Waals surface area contributed by atoms with Gasteiger partial charge in [0.2, 0.25) is 0 Å². The molecule has 136 valence electrons. The summed E-state index contributed by atoms with van der Waals surface area (Å²) in [6, 6.07) is 17.2. The van der Waals surface area contributed by atoms with Gasteiger partial charge in [-0.2, -0.15) is 0 Å². The van der Waals surface area contributed by atoms with Gasteiger partial charge in [-0.25, -0.2) is 0 Å². The van der Waals surface area contributed by atoms with Crippen LogP contribution in [0.2, 0.25) is 0 Å². The number of anilines is 2. The van der Waals surface area contributed by atoms with Gasteiger partial charge in [-0.15, -0.1) is 0 Å². The average Bonchev–Trinajstić information content (AvgIpc) is 2.75. The molecule has 0 atom stereocenters. The molecule has 0 aliphatic heterocycles. The molecule has 2 heterocycles. The zero-order valence-corrected chi connectivity index (χ0v) is 14.7. The monoisotopic (exact) mass is 369 g/mol. The molecule has 0 saturated carbocycles. The van der Waals surface area contributed by atoms with Crippen LogP contribution in [0.4, 0.5) is 11.4 Å². The van der Waals surface area contributed by atoms with Crippen molar-refractivity contribution < 1.29 is 9.59 Å². The molecule has 0 radical (unpaired) electrons. The fraction of sp³-hybridized carbons (Fsp3) is 0. The number of fused-ring (bicyclic) bond motifs is 1. The zero-order chi connectivity index (χ0) is 19.3. The van der Waals surface area contributed by atoms with E-state index in [4.69, 9.17) is 0 Å². The van der Waals surface area contributed by atoms with Crippen molar-refractivity contribution in [2.45, 2.75) is 0 Å². The molecule has 2 amide bonds. The predicted molar refractivity (Wildman–Crippen MR) is 106 cm³/mol. The number of aromatic nitrogens is 3. The molecule has 0 aliphatic rings. The van der Waals surface area contributed by atoms with Crippen molar-refractivity contribution in [2.24, 2.45) is 0 Å². The van der Waals surface area contributed by atoms with Crippen LogP contribution in [0.25, 0.3) is 11.0 Å². The highest BCUT2D eigenvalue weighted by atomic mass is 16.2. The lowest BCUT2D eigenvalue weighted by Gasteiger charge is -2.09. The Hall–Kier alpha value is -4.13. The third-order valence-electron chi connectivity index (χ3n) is 4.04. The minimum Gasteiger partial charge on any atom is -0.322 e. The molecule has 4 rings (SSSR count). The minimum atomic E-state index is -0.299. The molecule has 2 aromatic carbocycles. The summed E-state index contributed by atoms with van der Waals surface area (Å²) in [6.07, 6.45) is 4.70. The number of nitrogens with one attached hydrogen (secondary N) is 2. The van der Waals surface area contributed by atoms with Gasteiger partial charge in [-0.1, -0.05) is 12.1 Å². The van der Waals surface area contributed by atoms with Gasteiger partial charge < -0.3 is 10.6 Å². The molecular formula is C21H15N5O2. The smallest absolute Gasteiger partial charge is 0.274 e. The van der Waals surface area contributed by atoms with E-state index in [1.807, 2.05) is 0 Å². The van der Waals surface area contributed by atoms with Gasteiger partial charge in [0.1, 0.15) is 11.2 Å². The second-order valence-corrected chi connectivity index (χ2v) is 5.93. The van der Waals surface area contributed by atoms with Crippen LogP contribution in [0.3, 0.4) is 0 Å². The summed E-state index contributed by atoms with van der Waals surface area (Å²) in [5, 5.41) is 5.59. The van der Waals surface area contributed by atoms with Gasteiger partial charge in [0.25, 0.3) is 11.8 Å². The van der Waals surface area contributed by atoms with Gasteiger partial charge in [0.05, 0.1) is 11.1 Å². The molecule has 0 fully saturated rings. The number of rotatable bonds is 4. The third-order valence-corrected chi connectivity index (χ3v) is 4.04. The van der Waals surface area contributed by atoms with E-state index in [1.54, 1.807) is 79.3 Å². The summed E-state index contributed by atoms with van der Waals surface area (Å²) < 4.78 is 0. The molecule has 0 unspecified atom stereocenters. The van der Waals surface area contributed by atoms with E-state index in [1.165, 1.54) is 0 Å². The standard InChI is InChI=1S/C21H15N5O2/c27-20(16-4-3-6-17-19(16)24-13-12-23-17)25-14-7-9-15(10-8-14)26-21(28)18-5-1-2-11-22-18/h1-13H,(H,25,27)(H,26,28). The van der Waals surface area contributed by atoms with Crippen LogP contribution in [-0.4, -0.2) is 26.8 Å². The minimum absolute atomic E-state index is 0.281. The normalized spacial score (nSPS) is 10.4. The van der Waals surface area contributed by atoms with E-state index in [0.717, 1.165) is 0 Å². The van der Waals surface area contributed by atoms with Gasteiger partial charge in [0.15, 0.2) is 0 Å². The Morgan fingerprint density at radius 3 is 2.07 bits per heavy atom. The number of para-hydroxylation sites is 1. The third kappa shape index (κ3) is 3.68. The lowest BCUT2D eigenvalue weighted by Crippen LogP contribution is -2.14. The fourth-order valence-corrected chi connectivity index (χ4v) is 2.70. The van der Waals surface area contributed by atoms with Gasteiger partial charge >= 0.3 is 0 Å². The second-order valence-electron chi connectivity index (χ2n) is 5.93. The molecule has 0 saturated heterocycles. The van der Waals surface area contributed by atoms with Crippen molar-refractivity contribution in [3.63, 3.8) is 0 Å². The summed E-state index contributed by atoms with van der Waals surface area (Å²) in [4.78, 5) is 37.2. The number of hydrogen-bond donors (Lipinski definition) is 2. The first-order valence-corrected chi connectivity index (χ1v) is 8.54. The largest absolute Gasteiger partial charge is 0.322 e. The zero-order valence-electron chi connectivity index (χ0n) is 14.7. The lowest BCUT2D eigenvalue weighted by molar-refractivity contribution is 0.101. The number of carbonyl (C=O) groups excluding carboxylic acids is 2. The Kier molecular flexibility index (Phi) is 4.71. The molecule has 4 aromatic rings. The van der Waals surface area contributed by atoms with E-state index >= 15 is 0 Å². The van der Waals surface area contributed by atoms with Gasteiger partial charge in [-0.05, 0) is 48.5 Å². The molecule has 7 heteroatoms. The van der Waals surface area contributed by atoms with E-state index < -0.39 is 0 Å². The average molecular weight is 369 g/mol. The number of benzene rings is 2. The Bertz CT molecular complexity index is 1140. The Morgan fingerprint density at radius 2 is 1.36 bits per heavy atom. The maximum Gasteiger partial charge on any atom is 0.274 e. The second kappa shape index (κ2) is 7.63. The molecule has 28 heavy (non-hydrogen) atoms. The van der Waals surface area contributed by atoms with Crippen molar-refractivity contribution >= 4 is 34.2 Å². The van der Waals surface area contributed by atoms with Gasteiger partial charge in [-0.3, -0.25) is 24.5 Å². The SMILES string of the molecule is O=C(Nc1ccc(NC(=O)c2cccc3nccnc23)cc1)c1ccccn1. The van der Waals surface area contributed by atoms with Crippen molar-refractivity contribution in [2.75, 3.05) is 10.6 Å². The quantitative estimate of drug-likeness (QED) is 0.574. The van der Waals surface area contributed by atoms with E-state index in [-0.39, 0.29) is 11.8 Å². The topological polar surface area (TPSA) is 96.9 Å². The summed E-state index contributed by atoms with van der Waals surface area (Å²) in [6.45, 7) is 0. The van der Waals surface area contributed by atoms with Crippen LogP contribution in [0.1, 0.15) is 20.8 Å². The Morgan fingerprint density at radius 1 is 0.643 bits per heavy atom. The molecule has 0 spiro atoms. The van der Waals surface area contributed by atoms with Crippen LogP contribution >= 0.6 is 0 Å². The molecule has 0 bridgehead atoms. The van der Waals surface area contributed by atoms with Crippen LogP contribution in [0, 0.1) is 0 Å². The van der Waals surface area contributed by atoms with Crippen LogP contribution < -0.4 is 10.6 Å². The van der Waals surface area contributed by atoms with E-state index in [9.17, 15) is 9.59 Å². The van der Waals surface area contributed by atoms with Crippen LogP contribution in [0.15, 0.2) is 79.3 Å². The highest BCUT2D eigenvalue weighted by Gasteiger charge is 2.12. The van der Waals surface area contributed by atoms with Crippen molar-refractivity contribution in [3.05, 3.63) is 90.5 Å².